The molecular weight excluding hydrogens is 231 g/mol. The highest BCUT2D eigenvalue weighted by Gasteiger charge is 2.48. The number of aromatic nitrogens is 2. The Labute approximate surface area is 97.0 Å². The Kier molecular flexibility index (Phi) is 2.18. The predicted octanol–water partition coefficient (Wildman–Crippen LogP) is 2.89. The van der Waals surface area contributed by atoms with E-state index >= 15 is 0 Å². The van der Waals surface area contributed by atoms with Gasteiger partial charge in [-0.1, -0.05) is 0 Å². The van der Waals surface area contributed by atoms with Crippen LogP contribution in [0.2, 0.25) is 0 Å². The Morgan fingerprint density at radius 2 is 2.12 bits per heavy atom. The lowest BCUT2D eigenvalue weighted by Gasteiger charge is -2.33. The van der Waals surface area contributed by atoms with E-state index < -0.39 is 12.2 Å². The molecule has 2 atom stereocenters. The van der Waals surface area contributed by atoms with E-state index in [4.69, 9.17) is 0 Å². The number of rotatable bonds is 1. The molecule has 6 heteroatoms. The molecule has 2 aliphatic rings. The molecule has 2 heterocycles. The summed E-state index contributed by atoms with van der Waals surface area (Å²) in [5, 5.41) is 7.13. The Morgan fingerprint density at radius 1 is 1.41 bits per heavy atom. The summed E-state index contributed by atoms with van der Waals surface area (Å²) in [7, 11) is 0. The Hall–Kier alpha value is -1.20. The first-order valence-electron chi connectivity index (χ1n) is 5.84. The van der Waals surface area contributed by atoms with Gasteiger partial charge in [0.05, 0.1) is 5.69 Å². The first-order chi connectivity index (χ1) is 7.95. The number of anilines is 1. The van der Waals surface area contributed by atoms with Crippen molar-refractivity contribution in [1.29, 1.82) is 0 Å². The first-order valence-corrected chi connectivity index (χ1v) is 5.84. The maximum absolute atomic E-state index is 13.0. The summed E-state index contributed by atoms with van der Waals surface area (Å²) in [5.41, 5.74) is 0.623. The number of hydrogen-bond acceptors (Lipinski definition) is 2. The highest BCUT2D eigenvalue weighted by atomic mass is 19.4. The van der Waals surface area contributed by atoms with Crippen molar-refractivity contribution in [3.8, 4) is 0 Å². The third kappa shape index (κ3) is 1.89. The fourth-order valence-electron chi connectivity index (χ4n) is 2.53. The maximum atomic E-state index is 13.0. The van der Waals surface area contributed by atoms with Gasteiger partial charge in [0, 0.05) is 12.1 Å². The van der Waals surface area contributed by atoms with E-state index in [1.807, 2.05) is 0 Å². The van der Waals surface area contributed by atoms with Crippen LogP contribution in [0.3, 0.4) is 0 Å². The van der Waals surface area contributed by atoms with E-state index in [0.29, 0.717) is 17.4 Å². The van der Waals surface area contributed by atoms with Crippen molar-refractivity contribution in [2.75, 3.05) is 5.32 Å². The summed E-state index contributed by atoms with van der Waals surface area (Å²) < 4.78 is 40.1. The maximum Gasteiger partial charge on any atom is 0.410 e. The fourth-order valence-corrected chi connectivity index (χ4v) is 2.53. The monoisotopic (exact) mass is 245 g/mol. The van der Waals surface area contributed by atoms with Gasteiger partial charge in [0.1, 0.15) is 5.82 Å². The van der Waals surface area contributed by atoms with Crippen LogP contribution in [0.15, 0.2) is 6.07 Å². The van der Waals surface area contributed by atoms with Gasteiger partial charge in [-0.2, -0.15) is 18.3 Å². The van der Waals surface area contributed by atoms with Gasteiger partial charge in [-0.15, -0.1) is 0 Å². The third-order valence-corrected chi connectivity index (χ3v) is 3.53. The molecule has 0 bridgehead atoms. The molecular formula is C11H14F3N3. The molecule has 0 aromatic carbocycles. The van der Waals surface area contributed by atoms with Crippen LogP contribution in [0.5, 0.6) is 0 Å². The van der Waals surface area contributed by atoms with Crippen LogP contribution in [0.4, 0.5) is 19.0 Å². The van der Waals surface area contributed by atoms with E-state index in [1.54, 1.807) is 13.0 Å². The summed E-state index contributed by atoms with van der Waals surface area (Å²) in [6, 6.07) is 0.163. The van der Waals surface area contributed by atoms with E-state index in [1.165, 1.54) is 0 Å². The SMILES string of the molecule is Cc1cc2n(n1)C(C(F)(F)F)CC(C1CC1)N2. The van der Waals surface area contributed by atoms with Crippen molar-refractivity contribution in [2.24, 2.45) is 5.92 Å². The topological polar surface area (TPSA) is 29.9 Å². The number of fused-ring (bicyclic) bond motifs is 1. The van der Waals surface area contributed by atoms with Crippen molar-refractivity contribution in [1.82, 2.24) is 9.78 Å². The molecule has 3 rings (SSSR count). The smallest absolute Gasteiger partial charge is 0.367 e. The minimum atomic E-state index is -4.22. The molecule has 17 heavy (non-hydrogen) atoms. The second kappa shape index (κ2) is 3.40. The molecule has 1 aromatic rings. The number of hydrogen-bond donors (Lipinski definition) is 1. The third-order valence-electron chi connectivity index (χ3n) is 3.53. The molecule has 3 nitrogen and oxygen atoms in total. The van der Waals surface area contributed by atoms with Gasteiger partial charge in [0.15, 0.2) is 6.04 Å². The lowest BCUT2D eigenvalue weighted by Crippen LogP contribution is -2.40. The molecule has 0 amide bonds. The van der Waals surface area contributed by atoms with E-state index in [0.717, 1.165) is 17.5 Å². The molecule has 1 aliphatic heterocycles. The number of nitrogens with zero attached hydrogens (tertiary/aromatic N) is 2. The average molecular weight is 245 g/mol. The predicted molar refractivity (Wildman–Crippen MR) is 56.8 cm³/mol. The fraction of sp³-hybridized carbons (Fsp3) is 0.727. The highest BCUT2D eigenvalue weighted by Crippen LogP contribution is 2.45. The van der Waals surface area contributed by atoms with Crippen LogP contribution in [-0.4, -0.2) is 22.0 Å². The second-order valence-electron chi connectivity index (χ2n) is 5.00. The Morgan fingerprint density at radius 3 is 2.71 bits per heavy atom. The Balaban J connectivity index is 1.96. The number of aryl methyl sites for hydroxylation is 1. The summed E-state index contributed by atoms with van der Waals surface area (Å²) in [4.78, 5) is 0. The molecule has 94 valence electrons. The standard InChI is InChI=1S/C11H14F3N3/c1-6-4-10-15-8(7-2-3-7)5-9(11(12,13)14)17(10)16-6/h4,7-9,15H,2-3,5H2,1H3. The molecule has 1 N–H and O–H groups in total. The van der Waals surface area contributed by atoms with Crippen LogP contribution >= 0.6 is 0 Å². The number of alkyl halides is 3. The number of halogens is 3. The summed E-state index contributed by atoms with van der Waals surface area (Å²) in [5.74, 6) is 0.914. The normalized spacial score (nSPS) is 28.7. The Bertz CT molecular complexity index is 434. The van der Waals surface area contributed by atoms with Gasteiger partial charge in [-0.3, -0.25) is 0 Å². The van der Waals surface area contributed by atoms with Gasteiger partial charge in [-0.05, 0) is 32.1 Å². The zero-order chi connectivity index (χ0) is 12.2. The largest absolute Gasteiger partial charge is 0.410 e. The van der Waals surface area contributed by atoms with Gasteiger partial charge in [0.25, 0.3) is 0 Å². The second-order valence-corrected chi connectivity index (χ2v) is 5.00. The molecule has 1 saturated carbocycles. The van der Waals surface area contributed by atoms with Crippen LogP contribution in [0.25, 0.3) is 0 Å². The van der Waals surface area contributed by atoms with Gasteiger partial charge >= 0.3 is 6.18 Å². The zero-order valence-corrected chi connectivity index (χ0v) is 9.46. The summed E-state index contributed by atoms with van der Waals surface area (Å²) in [6.45, 7) is 1.71. The lowest BCUT2D eigenvalue weighted by molar-refractivity contribution is -0.174. The minimum Gasteiger partial charge on any atom is -0.367 e. The van der Waals surface area contributed by atoms with E-state index in [9.17, 15) is 13.2 Å². The molecule has 0 saturated heterocycles. The first kappa shape index (κ1) is 10.9. The molecule has 0 spiro atoms. The van der Waals surface area contributed by atoms with Gasteiger partial charge in [-0.25, -0.2) is 4.68 Å². The summed E-state index contributed by atoms with van der Waals surface area (Å²) >= 11 is 0. The van der Waals surface area contributed by atoms with E-state index in [-0.39, 0.29) is 12.5 Å². The van der Waals surface area contributed by atoms with Crippen molar-refractivity contribution in [3.63, 3.8) is 0 Å². The van der Waals surface area contributed by atoms with Crippen molar-refractivity contribution >= 4 is 5.82 Å². The lowest BCUT2D eigenvalue weighted by atomic mass is 10.0. The number of nitrogens with one attached hydrogen (secondary N) is 1. The van der Waals surface area contributed by atoms with Crippen LogP contribution < -0.4 is 5.32 Å². The summed E-state index contributed by atoms with van der Waals surface area (Å²) in [6.07, 6.45) is -2.05. The van der Waals surface area contributed by atoms with Crippen LogP contribution in [0.1, 0.15) is 31.0 Å². The molecule has 1 aromatic heterocycles. The molecule has 0 radical (unpaired) electrons. The molecule has 1 fully saturated rings. The van der Waals surface area contributed by atoms with Crippen molar-refractivity contribution in [2.45, 2.75) is 44.4 Å². The quantitative estimate of drug-likeness (QED) is 0.824. The molecule has 2 unspecified atom stereocenters. The van der Waals surface area contributed by atoms with E-state index in [2.05, 4.69) is 10.4 Å². The highest BCUT2D eigenvalue weighted by molar-refractivity contribution is 5.41. The average Bonchev–Trinajstić information content (AvgIpc) is 2.97. The minimum absolute atomic E-state index is 0.0507. The van der Waals surface area contributed by atoms with Gasteiger partial charge in [0.2, 0.25) is 0 Å². The van der Waals surface area contributed by atoms with Crippen molar-refractivity contribution < 1.29 is 13.2 Å². The van der Waals surface area contributed by atoms with Crippen LogP contribution in [0, 0.1) is 12.8 Å². The molecule has 1 aliphatic carbocycles. The van der Waals surface area contributed by atoms with Crippen LogP contribution in [-0.2, 0) is 0 Å². The van der Waals surface area contributed by atoms with Crippen molar-refractivity contribution in [3.05, 3.63) is 11.8 Å². The van der Waals surface area contributed by atoms with Gasteiger partial charge < -0.3 is 5.32 Å². The zero-order valence-electron chi connectivity index (χ0n) is 9.46.